The van der Waals surface area contributed by atoms with Gasteiger partial charge in [0, 0.05) is 17.3 Å². The lowest BCUT2D eigenvalue weighted by Crippen LogP contribution is -2.11. The molecular formula is C21H24N4O3S. The molecule has 0 bridgehead atoms. The zero-order valence-electron chi connectivity index (χ0n) is 17.1. The van der Waals surface area contributed by atoms with Crippen LogP contribution in [0.5, 0.6) is 0 Å². The van der Waals surface area contributed by atoms with Gasteiger partial charge < -0.3 is 10.1 Å². The highest BCUT2D eigenvalue weighted by atomic mass is 32.1. The molecule has 2 aromatic heterocycles. The molecule has 0 fully saturated rings. The minimum atomic E-state index is -0.454. The number of carbonyl (C=O) groups is 2. The van der Waals surface area contributed by atoms with Gasteiger partial charge in [0.15, 0.2) is 5.69 Å². The molecule has 8 heteroatoms. The van der Waals surface area contributed by atoms with Crippen LogP contribution in [-0.4, -0.2) is 33.2 Å². The molecule has 0 aliphatic heterocycles. The predicted molar refractivity (Wildman–Crippen MR) is 113 cm³/mol. The Bertz CT molecular complexity index is 1030. The van der Waals surface area contributed by atoms with E-state index in [1.807, 2.05) is 19.1 Å². The maximum absolute atomic E-state index is 12.7. The van der Waals surface area contributed by atoms with E-state index in [2.05, 4.69) is 36.2 Å². The summed E-state index contributed by atoms with van der Waals surface area (Å²) in [7, 11) is 0. The molecule has 0 spiro atoms. The van der Waals surface area contributed by atoms with Crippen molar-refractivity contribution >= 4 is 28.9 Å². The maximum Gasteiger partial charge on any atom is 0.358 e. The number of aromatic nitrogens is 3. The van der Waals surface area contributed by atoms with Crippen molar-refractivity contribution in [1.82, 2.24) is 14.8 Å². The van der Waals surface area contributed by atoms with E-state index in [1.165, 1.54) is 11.3 Å². The Balaban J connectivity index is 1.72. The van der Waals surface area contributed by atoms with Crippen LogP contribution in [-0.2, 0) is 10.2 Å². The normalized spacial score (nSPS) is 11.3. The van der Waals surface area contributed by atoms with Crippen LogP contribution in [0, 0.1) is 6.92 Å². The maximum atomic E-state index is 12.7. The summed E-state index contributed by atoms with van der Waals surface area (Å²) in [6, 6.07) is 8.82. The highest BCUT2D eigenvalue weighted by molar-refractivity contribution is 7.14. The lowest BCUT2D eigenvalue weighted by atomic mass is 9.98. The second-order valence-corrected chi connectivity index (χ2v) is 8.55. The number of anilines is 1. The van der Waals surface area contributed by atoms with E-state index in [0.717, 1.165) is 16.4 Å². The fourth-order valence-corrected chi connectivity index (χ4v) is 3.61. The van der Waals surface area contributed by atoms with Gasteiger partial charge in [-0.25, -0.2) is 14.5 Å². The third kappa shape index (κ3) is 4.71. The predicted octanol–water partition coefficient (Wildman–Crippen LogP) is 4.36. The van der Waals surface area contributed by atoms with Gasteiger partial charge in [-0.1, -0.05) is 20.8 Å². The van der Waals surface area contributed by atoms with Gasteiger partial charge >= 0.3 is 5.97 Å². The zero-order chi connectivity index (χ0) is 21.2. The number of thiazole rings is 1. The zero-order valence-corrected chi connectivity index (χ0v) is 18.0. The Morgan fingerprint density at radius 2 is 1.86 bits per heavy atom. The summed E-state index contributed by atoms with van der Waals surface area (Å²) >= 11 is 1.42. The molecule has 0 atom stereocenters. The second-order valence-electron chi connectivity index (χ2n) is 7.55. The van der Waals surface area contributed by atoms with Crippen molar-refractivity contribution in [3.8, 4) is 5.69 Å². The van der Waals surface area contributed by atoms with Crippen molar-refractivity contribution < 1.29 is 14.3 Å². The van der Waals surface area contributed by atoms with Gasteiger partial charge in [-0.3, -0.25) is 4.79 Å². The van der Waals surface area contributed by atoms with Crippen molar-refractivity contribution in [3.63, 3.8) is 0 Å². The number of ether oxygens (including phenoxy) is 1. The van der Waals surface area contributed by atoms with Gasteiger partial charge in [0.1, 0.15) is 4.88 Å². The van der Waals surface area contributed by atoms with Crippen LogP contribution in [0.25, 0.3) is 5.69 Å². The van der Waals surface area contributed by atoms with E-state index in [4.69, 9.17) is 4.74 Å². The number of carbonyl (C=O) groups excluding carboxylic acids is 2. The number of benzene rings is 1. The smallest absolute Gasteiger partial charge is 0.358 e. The van der Waals surface area contributed by atoms with E-state index in [-0.39, 0.29) is 17.0 Å². The van der Waals surface area contributed by atoms with Crippen LogP contribution in [0.3, 0.4) is 0 Å². The van der Waals surface area contributed by atoms with Crippen molar-refractivity contribution in [1.29, 1.82) is 0 Å². The summed E-state index contributed by atoms with van der Waals surface area (Å²) in [5.74, 6) is -0.628. The Morgan fingerprint density at radius 1 is 1.17 bits per heavy atom. The lowest BCUT2D eigenvalue weighted by molar-refractivity contribution is 0.0519. The van der Waals surface area contributed by atoms with Gasteiger partial charge in [0.25, 0.3) is 5.91 Å². The molecule has 2 heterocycles. The van der Waals surface area contributed by atoms with Crippen LogP contribution >= 0.6 is 11.3 Å². The molecule has 7 nitrogen and oxygen atoms in total. The summed E-state index contributed by atoms with van der Waals surface area (Å²) in [6.07, 6.45) is 1.69. The number of amides is 1. The number of hydrogen-bond donors (Lipinski definition) is 1. The molecule has 3 aromatic rings. The minimum Gasteiger partial charge on any atom is -0.461 e. The summed E-state index contributed by atoms with van der Waals surface area (Å²) in [4.78, 5) is 29.6. The molecule has 0 saturated carbocycles. The number of nitrogens with one attached hydrogen (secondary N) is 1. The Morgan fingerprint density at radius 3 is 2.45 bits per heavy atom. The molecule has 0 saturated heterocycles. The van der Waals surface area contributed by atoms with Crippen molar-refractivity contribution in [2.24, 2.45) is 0 Å². The molecule has 0 aliphatic rings. The molecule has 1 N–H and O–H groups in total. The Kier molecular flexibility index (Phi) is 5.83. The highest BCUT2D eigenvalue weighted by Gasteiger charge is 2.23. The summed E-state index contributed by atoms with van der Waals surface area (Å²) < 4.78 is 6.53. The van der Waals surface area contributed by atoms with E-state index < -0.39 is 5.97 Å². The Labute approximate surface area is 173 Å². The molecule has 0 unspecified atom stereocenters. The number of hydrogen-bond acceptors (Lipinski definition) is 6. The molecule has 3 rings (SSSR count). The lowest BCUT2D eigenvalue weighted by Gasteiger charge is -2.13. The largest absolute Gasteiger partial charge is 0.461 e. The molecule has 0 aliphatic carbocycles. The summed E-state index contributed by atoms with van der Waals surface area (Å²) in [5.41, 5.74) is 2.32. The van der Waals surface area contributed by atoms with Crippen molar-refractivity contribution in [3.05, 3.63) is 57.8 Å². The van der Waals surface area contributed by atoms with Crippen molar-refractivity contribution in [2.45, 2.75) is 40.0 Å². The van der Waals surface area contributed by atoms with E-state index in [9.17, 15) is 9.59 Å². The van der Waals surface area contributed by atoms with Gasteiger partial charge in [0.05, 0.1) is 23.0 Å². The SMILES string of the molecule is CCOC(=O)c1ccn(-c2ccc(NC(=O)c3sc(C(C)(C)C)nc3C)cc2)n1. The first kappa shape index (κ1) is 20.7. The molecular weight excluding hydrogens is 388 g/mol. The third-order valence-electron chi connectivity index (χ3n) is 4.11. The topological polar surface area (TPSA) is 86.1 Å². The minimum absolute atomic E-state index is 0.0955. The van der Waals surface area contributed by atoms with E-state index >= 15 is 0 Å². The first-order chi connectivity index (χ1) is 13.7. The van der Waals surface area contributed by atoms with Gasteiger partial charge in [0.2, 0.25) is 0 Å². The number of aryl methyl sites for hydroxylation is 1. The van der Waals surface area contributed by atoms with E-state index in [1.54, 1.807) is 36.0 Å². The molecule has 0 radical (unpaired) electrons. The quantitative estimate of drug-likeness (QED) is 0.629. The fraction of sp³-hybridized carbons (Fsp3) is 0.333. The summed E-state index contributed by atoms with van der Waals surface area (Å²) in [5, 5.41) is 8.07. The molecule has 152 valence electrons. The average Bonchev–Trinajstić information content (AvgIpc) is 3.29. The third-order valence-corrected chi connectivity index (χ3v) is 5.69. The number of rotatable bonds is 5. The number of esters is 1. The van der Waals surface area contributed by atoms with Crippen LogP contribution in [0.15, 0.2) is 36.5 Å². The van der Waals surface area contributed by atoms with Crippen molar-refractivity contribution in [2.75, 3.05) is 11.9 Å². The van der Waals surface area contributed by atoms with Crippen LogP contribution in [0.2, 0.25) is 0 Å². The van der Waals surface area contributed by atoms with Gasteiger partial charge in [-0.2, -0.15) is 5.10 Å². The monoisotopic (exact) mass is 412 g/mol. The summed E-state index contributed by atoms with van der Waals surface area (Å²) in [6.45, 7) is 10.1. The first-order valence-corrected chi connectivity index (χ1v) is 10.1. The molecule has 1 amide bonds. The van der Waals surface area contributed by atoms with Gasteiger partial charge in [-0.15, -0.1) is 11.3 Å². The average molecular weight is 413 g/mol. The highest BCUT2D eigenvalue weighted by Crippen LogP contribution is 2.29. The second kappa shape index (κ2) is 8.16. The van der Waals surface area contributed by atoms with Gasteiger partial charge in [-0.05, 0) is 44.2 Å². The number of nitrogens with zero attached hydrogens (tertiary/aromatic N) is 3. The molecule has 1 aromatic carbocycles. The van der Waals surface area contributed by atoms with Crippen LogP contribution in [0.4, 0.5) is 5.69 Å². The van der Waals surface area contributed by atoms with Crippen LogP contribution < -0.4 is 5.32 Å². The first-order valence-electron chi connectivity index (χ1n) is 9.31. The fourth-order valence-electron chi connectivity index (χ4n) is 2.59. The Hall–Kier alpha value is -3.00. The van der Waals surface area contributed by atoms with Crippen LogP contribution in [0.1, 0.15) is 58.6 Å². The standard InChI is InChI=1S/C21H24N4O3S/c1-6-28-19(27)16-11-12-25(24-16)15-9-7-14(8-10-15)23-18(26)17-13(2)22-20(29-17)21(3,4)5/h7-12H,6H2,1-5H3,(H,23,26). The molecule has 29 heavy (non-hydrogen) atoms. The van der Waals surface area contributed by atoms with E-state index in [0.29, 0.717) is 17.2 Å².